The molecule has 0 radical (unpaired) electrons. The van der Waals surface area contributed by atoms with E-state index in [0.29, 0.717) is 5.71 Å². The van der Waals surface area contributed by atoms with Crippen molar-refractivity contribution in [3.05, 3.63) is 188 Å². The van der Waals surface area contributed by atoms with Crippen LogP contribution in [-0.2, 0) is 0 Å². The lowest BCUT2D eigenvalue weighted by atomic mass is 9.86. The molecule has 1 aromatic heterocycles. The van der Waals surface area contributed by atoms with Gasteiger partial charge < -0.3 is 9.83 Å². The molecule has 0 aliphatic carbocycles. The maximum Gasteiger partial charge on any atom is 0.143 e. The number of nitrogens with one attached hydrogen (secondary N) is 1. The first-order valence-corrected chi connectivity index (χ1v) is 16.5. The average Bonchev–Trinajstić information content (AvgIpc) is 3.55. The topological polar surface area (TPSA) is 37.0 Å². The summed E-state index contributed by atoms with van der Waals surface area (Å²) in [6.07, 6.45) is 3.84. The van der Waals surface area contributed by atoms with Crippen molar-refractivity contribution >= 4 is 65.5 Å². The summed E-state index contributed by atoms with van der Waals surface area (Å²) in [4.78, 5) is 0. The van der Waals surface area contributed by atoms with Crippen LogP contribution >= 0.6 is 0 Å². The van der Waals surface area contributed by atoms with E-state index >= 15 is 0 Å². The van der Waals surface area contributed by atoms with Crippen LogP contribution in [0.5, 0.6) is 0 Å². The maximum absolute atomic E-state index is 8.94. The molecule has 49 heavy (non-hydrogen) atoms. The Balaban J connectivity index is 1.03. The summed E-state index contributed by atoms with van der Waals surface area (Å²) >= 11 is 0. The van der Waals surface area contributed by atoms with Crippen LogP contribution in [0.25, 0.3) is 82.1 Å². The zero-order chi connectivity index (χ0) is 32.9. The summed E-state index contributed by atoms with van der Waals surface area (Å²) in [7, 11) is 0. The molecule has 0 bridgehead atoms. The largest absolute Gasteiger partial charge is 0.455 e. The average molecular weight is 626 g/mol. The fourth-order valence-corrected chi connectivity index (χ4v) is 7.28. The minimum absolute atomic E-state index is 0.436. The van der Waals surface area contributed by atoms with Crippen LogP contribution in [0.2, 0.25) is 0 Å². The molecule has 2 heteroatoms. The Morgan fingerprint density at radius 2 is 1.10 bits per heavy atom. The molecule has 1 heterocycles. The van der Waals surface area contributed by atoms with Crippen LogP contribution < -0.4 is 0 Å². The molecule has 9 rings (SSSR count). The minimum Gasteiger partial charge on any atom is -0.455 e. The van der Waals surface area contributed by atoms with E-state index in [2.05, 4.69) is 152 Å². The van der Waals surface area contributed by atoms with Gasteiger partial charge in [0, 0.05) is 16.2 Å². The molecule has 0 atom stereocenters. The van der Waals surface area contributed by atoms with E-state index < -0.39 is 0 Å². The van der Waals surface area contributed by atoms with Crippen molar-refractivity contribution in [1.29, 1.82) is 5.41 Å². The monoisotopic (exact) mass is 625 g/mol. The van der Waals surface area contributed by atoms with Crippen LogP contribution in [-0.4, -0.2) is 5.71 Å². The molecule has 2 nitrogen and oxygen atoms in total. The molecule has 0 amide bonds. The van der Waals surface area contributed by atoms with Crippen molar-refractivity contribution in [2.24, 2.45) is 0 Å². The highest BCUT2D eigenvalue weighted by Crippen LogP contribution is 2.42. The van der Waals surface area contributed by atoms with Crippen molar-refractivity contribution in [2.75, 3.05) is 0 Å². The molecular weight excluding hydrogens is 595 g/mol. The molecule has 0 saturated heterocycles. The SMILES string of the molecule is C=C(/C=C\C(=N)c1ccc(-c2ccc3oc4c5ccccc5ccc4c3c2)cc1)c1c2ccccc2c(-c2ccccc2)c2ccccc12. The van der Waals surface area contributed by atoms with E-state index in [1.165, 1.54) is 27.3 Å². The van der Waals surface area contributed by atoms with Crippen LogP contribution in [0.4, 0.5) is 0 Å². The zero-order valence-electron chi connectivity index (χ0n) is 26.8. The Bertz CT molecular complexity index is 2720. The van der Waals surface area contributed by atoms with Crippen molar-refractivity contribution in [2.45, 2.75) is 0 Å². The Morgan fingerprint density at radius 1 is 0.490 bits per heavy atom. The van der Waals surface area contributed by atoms with Crippen LogP contribution in [0, 0.1) is 5.41 Å². The lowest BCUT2D eigenvalue weighted by molar-refractivity contribution is 0.672. The lowest BCUT2D eigenvalue weighted by Crippen LogP contribution is -1.95. The number of allylic oxidation sites excluding steroid dienone is 3. The number of rotatable bonds is 6. The van der Waals surface area contributed by atoms with Gasteiger partial charge in [-0.05, 0) is 90.2 Å². The normalized spacial score (nSPS) is 11.8. The molecule has 0 fully saturated rings. The first-order chi connectivity index (χ1) is 24.1. The summed E-state index contributed by atoms with van der Waals surface area (Å²) in [6.45, 7) is 4.51. The molecule has 230 valence electrons. The quantitative estimate of drug-likeness (QED) is 0.111. The Labute approximate surface area is 284 Å². The van der Waals surface area contributed by atoms with E-state index in [1.54, 1.807) is 0 Å². The number of furan rings is 1. The molecule has 0 saturated carbocycles. The van der Waals surface area contributed by atoms with E-state index in [-0.39, 0.29) is 0 Å². The second-order valence-electron chi connectivity index (χ2n) is 12.5. The fraction of sp³-hybridized carbons (Fsp3) is 0. The predicted octanol–water partition coefficient (Wildman–Crippen LogP) is 13.0. The summed E-state index contributed by atoms with van der Waals surface area (Å²) in [6, 6.07) is 55.0. The number of hydrogen-bond donors (Lipinski definition) is 1. The van der Waals surface area contributed by atoms with Gasteiger partial charge in [-0.2, -0.15) is 0 Å². The Morgan fingerprint density at radius 3 is 1.82 bits per heavy atom. The van der Waals surface area contributed by atoms with Gasteiger partial charge in [-0.25, -0.2) is 0 Å². The molecule has 1 N–H and O–H groups in total. The van der Waals surface area contributed by atoms with E-state index in [1.807, 2.05) is 24.3 Å². The molecule has 0 aliphatic heterocycles. The first-order valence-electron chi connectivity index (χ1n) is 16.5. The van der Waals surface area contributed by atoms with Gasteiger partial charge in [0.25, 0.3) is 0 Å². The highest BCUT2D eigenvalue weighted by molar-refractivity contribution is 6.20. The van der Waals surface area contributed by atoms with Crippen LogP contribution in [0.1, 0.15) is 11.1 Å². The van der Waals surface area contributed by atoms with Crippen LogP contribution in [0.15, 0.2) is 181 Å². The first kappa shape index (κ1) is 28.7. The fourth-order valence-electron chi connectivity index (χ4n) is 7.28. The van der Waals surface area contributed by atoms with Crippen LogP contribution in [0.3, 0.4) is 0 Å². The molecule has 9 aromatic rings. The molecule has 0 unspecified atom stereocenters. The maximum atomic E-state index is 8.94. The van der Waals surface area contributed by atoms with Crippen molar-refractivity contribution < 1.29 is 4.42 Å². The van der Waals surface area contributed by atoms with Gasteiger partial charge >= 0.3 is 0 Å². The number of hydrogen-bond acceptors (Lipinski definition) is 2. The highest BCUT2D eigenvalue weighted by atomic mass is 16.3. The second kappa shape index (κ2) is 11.6. The third-order valence-corrected chi connectivity index (χ3v) is 9.66. The summed E-state index contributed by atoms with van der Waals surface area (Å²) in [5.74, 6) is 0. The number of benzene rings is 8. The van der Waals surface area contributed by atoms with Crippen molar-refractivity contribution in [3.8, 4) is 22.3 Å². The van der Waals surface area contributed by atoms with Gasteiger partial charge in [-0.15, -0.1) is 0 Å². The smallest absolute Gasteiger partial charge is 0.143 e. The van der Waals surface area contributed by atoms with E-state index in [4.69, 9.17) is 9.83 Å². The van der Waals surface area contributed by atoms with Gasteiger partial charge in [0.15, 0.2) is 0 Å². The summed E-state index contributed by atoms with van der Waals surface area (Å²) in [5.41, 5.74) is 9.70. The van der Waals surface area contributed by atoms with Gasteiger partial charge in [0.05, 0.1) is 5.71 Å². The van der Waals surface area contributed by atoms with Gasteiger partial charge in [0.1, 0.15) is 11.2 Å². The summed E-state index contributed by atoms with van der Waals surface area (Å²) < 4.78 is 6.32. The molecule has 0 aliphatic rings. The molecule has 0 spiro atoms. The Kier molecular flexibility index (Phi) is 6.81. The van der Waals surface area contributed by atoms with E-state index in [9.17, 15) is 0 Å². The molecule has 8 aromatic carbocycles. The van der Waals surface area contributed by atoms with Gasteiger partial charge in [-0.3, -0.25) is 0 Å². The molecular formula is C47H31NO. The summed E-state index contributed by atoms with van der Waals surface area (Å²) in [5, 5.41) is 18.2. The third-order valence-electron chi connectivity index (χ3n) is 9.66. The van der Waals surface area contributed by atoms with Crippen molar-refractivity contribution in [1.82, 2.24) is 0 Å². The third kappa shape index (κ3) is 4.85. The minimum atomic E-state index is 0.436. The van der Waals surface area contributed by atoms with Crippen molar-refractivity contribution in [3.63, 3.8) is 0 Å². The standard InChI is InChI=1S/C47H31NO/c1-30(45-37-15-7-9-17-39(37)46(34-12-3-2-4-13-34)40-18-10-8-16-38(40)45)19-27-43(48)33-22-20-31(21-23-33)35-25-28-44-42(29-35)41-26-24-32-11-5-6-14-36(32)47(41)49-44/h2-29,48H,1H2/b27-19-,48-43?. The number of fused-ring (bicyclic) bond motifs is 7. The van der Waals surface area contributed by atoms with Gasteiger partial charge in [-0.1, -0.05) is 152 Å². The zero-order valence-corrected chi connectivity index (χ0v) is 26.8. The Hall–Kier alpha value is -6.51. The second-order valence-corrected chi connectivity index (χ2v) is 12.5. The highest BCUT2D eigenvalue weighted by Gasteiger charge is 2.16. The predicted molar refractivity (Wildman–Crippen MR) is 209 cm³/mol. The van der Waals surface area contributed by atoms with E-state index in [0.717, 1.165) is 65.9 Å². The lowest BCUT2D eigenvalue weighted by Gasteiger charge is -2.17. The van der Waals surface area contributed by atoms with Gasteiger partial charge in [0.2, 0.25) is 0 Å².